The molecule has 0 unspecified atom stereocenters. The fraction of sp³-hybridized carbons (Fsp3) is 0.591. The topological polar surface area (TPSA) is 59.8 Å². The molecule has 164 valence electrons. The number of hydrogen-bond acceptors (Lipinski definition) is 4. The van der Waals surface area contributed by atoms with Gasteiger partial charge in [0, 0.05) is 24.3 Å². The standard InChI is InChI=1S/C22H23F3N4OS/c1-31-15-10-13(4-9-26-15)27-19(30)18-16(22(23,24)25)17(12-2-3-12)28-29(18)11-14-20(5-6-20)21(14)7-8-21/h4,9-10,12,14H,2-3,5-8,11H2,1H3,(H,26,27,30). The second kappa shape index (κ2) is 6.27. The van der Waals surface area contributed by atoms with Gasteiger partial charge in [-0.2, -0.15) is 18.3 Å². The number of alkyl halides is 3. The Morgan fingerprint density at radius 2 is 1.94 bits per heavy atom. The minimum absolute atomic E-state index is 0.0486. The fourth-order valence-electron chi connectivity index (χ4n) is 5.88. The molecule has 2 heterocycles. The van der Waals surface area contributed by atoms with Crippen LogP contribution in [-0.4, -0.2) is 26.9 Å². The summed E-state index contributed by atoms with van der Waals surface area (Å²) in [7, 11) is 0. The van der Waals surface area contributed by atoms with Crippen LogP contribution in [0.5, 0.6) is 0 Å². The van der Waals surface area contributed by atoms with Gasteiger partial charge in [0.25, 0.3) is 5.91 Å². The quantitative estimate of drug-likeness (QED) is 0.606. The molecule has 4 fully saturated rings. The number of rotatable bonds is 6. The van der Waals surface area contributed by atoms with E-state index in [1.165, 1.54) is 22.6 Å². The molecule has 2 spiro atoms. The van der Waals surface area contributed by atoms with Crippen molar-refractivity contribution in [3.05, 3.63) is 35.3 Å². The van der Waals surface area contributed by atoms with Crippen LogP contribution in [-0.2, 0) is 12.7 Å². The highest BCUT2D eigenvalue weighted by Gasteiger charge is 2.86. The lowest BCUT2D eigenvalue weighted by Crippen LogP contribution is -2.23. The van der Waals surface area contributed by atoms with Gasteiger partial charge >= 0.3 is 6.18 Å². The van der Waals surface area contributed by atoms with Crippen molar-refractivity contribution in [2.75, 3.05) is 11.6 Å². The molecule has 0 atom stereocenters. The smallest absolute Gasteiger partial charge is 0.321 e. The molecule has 9 heteroatoms. The minimum Gasteiger partial charge on any atom is -0.321 e. The normalized spacial score (nSPS) is 22.7. The van der Waals surface area contributed by atoms with E-state index >= 15 is 0 Å². The summed E-state index contributed by atoms with van der Waals surface area (Å²) >= 11 is 1.40. The summed E-state index contributed by atoms with van der Waals surface area (Å²) in [5, 5.41) is 7.78. The molecule has 1 N–H and O–H groups in total. The number of carbonyl (C=O) groups is 1. The van der Waals surface area contributed by atoms with E-state index in [1.54, 1.807) is 12.1 Å². The zero-order valence-corrected chi connectivity index (χ0v) is 17.9. The van der Waals surface area contributed by atoms with Gasteiger partial charge in [0.1, 0.15) is 11.3 Å². The SMILES string of the molecule is CSc1cc(NC(=O)c2c(C(F)(F)F)c(C3CC3)nn2CC2C3(CC3)C23CC3)ccn1. The van der Waals surface area contributed by atoms with E-state index in [9.17, 15) is 18.0 Å². The zero-order chi connectivity index (χ0) is 21.6. The summed E-state index contributed by atoms with van der Waals surface area (Å²) in [4.78, 5) is 17.4. The maximum Gasteiger partial charge on any atom is 0.420 e. The summed E-state index contributed by atoms with van der Waals surface area (Å²) in [6, 6.07) is 3.25. The summed E-state index contributed by atoms with van der Waals surface area (Å²) in [6.07, 6.45) is 4.81. The first-order valence-electron chi connectivity index (χ1n) is 10.8. The molecule has 31 heavy (non-hydrogen) atoms. The van der Waals surface area contributed by atoms with Gasteiger partial charge in [-0.1, -0.05) is 0 Å². The number of nitrogens with zero attached hydrogens (tertiary/aromatic N) is 3. The fourth-order valence-corrected chi connectivity index (χ4v) is 6.29. The molecule has 5 nitrogen and oxygen atoms in total. The van der Waals surface area contributed by atoms with E-state index < -0.39 is 17.6 Å². The number of nitrogens with one attached hydrogen (secondary N) is 1. The molecule has 0 aromatic carbocycles. The first-order valence-corrected chi connectivity index (χ1v) is 12.0. The van der Waals surface area contributed by atoms with Gasteiger partial charge in [0.15, 0.2) is 0 Å². The Balaban J connectivity index is 1.38. The summed E-state index contributed by atoms with van der Waals surface area (Å²) in [5.41, 5.74) is -0.0568. The second-order valence-corrected chi connectivity index (χ2v) is 10.3. The molecule has 4 saturated carbocycles. The van der Waals surface area contributed by atoms with Crippen LogP contribution in [0.4, 0.5) is 18.9 Å². The highest BCUT2D eigenvalue weighted by molar-refractivity contribution is 7.98. The van der Waals surface area contributed by atoms with Crippen molar-refractivity contribution < 1.29 is 18.0 Å². The van der Waals surface area contributed by atoms with E-state index in [-0.39, 0.29) is 17.3 Å². The average Bonchev–Trinajstić information content (AvgIpc) is 3.57. The summed E-state index contributed by atoms with van der Waals surface area (Å²) in [6.45, 7) is 0.408. The van der Waals surface area contributed by atoms with Crippen molar-refractivity contribution in [1.29, 1.82) is 0 Å². The van der Waals surface area contributed by atoms with Crippen molar-refractivity contribution in [3.8, 4) is 0 Å². The predicted octanol–water partition coefficient (Wildman–Crippen LogP) is 5.34. The molecule has 6 rings (SSSR count). The van der Waals surface area contributed by atoms with E-state index in [1.807, 2.05) is 6.26 Å². The molecule has 1 amide bonds. The average molecular weight is 449 g/mol. The van der Waals surface area contributed by atoms with Gasteiger partial charge < -0.3 is 5.32 Å². The molecule has 0 radical (unpaired) electrons. The third-order valence-electron chi connectivity index (χ3n) is 7.82. The number of fused-ring (bicyclic) bond motifs is 1. The number of thioether (sulfide) groups is 1. The van der Waals surface area contributed by atoms with Crippen LogP contribution < -0.4 is 5.32 Å². The number of aromatic nitrogens is 3. The van der Waals surface area contributed by atoms with E-state index in [0.29, 0.717) is 46.8 Å². The van der Waals surface area contributed by atoms with Crippen molar-refractivity contribution in [2.24, 2.45) is 16.7 Å². The number of hydrogen-bond donors (Lipinski definition) is 1. The number of anilines is 1. The van der Waals surface area contributed by atoms with Crippen LogP contribution in [0.1, 0.15) is 66.2 Å². The lowest BCUT2D eigenvalue weighted by Gasteiger charge is -2.13. The van der Waals surface area contributed by atoms with Gasteiger partial charge in [-0.25, -0.2) is 4.98 Å². The molecule has 0 aliphatic heterocycles. The predicted molar refractivity (Wildman–Crippen MR) is 110 cm³/mol. The molecule has 4 aliphatic rings. The lowest BCUT2D eigenvalue weighted by atomic mass is 10.1. The van der Waals surface area contributed by atoms with Crippen LogP contribution >= 0.6 is 11.8 Å². The van der Waals surface area contributed by atoms with E-state index in [4.69, 9.17) is 0 Å². The first-order chi connectivity index (χ1) is 14.8. The Bertz CT molecular complexity index is 1060. The summed E-state index contributed by atoms with van der Waals surface area (Å²) < 4.78 is 43.9. The van der Waals surface area contributed by atoms with E-state index in [2.05, 4.69) is 15.4 Å². The second-order valence-electron chi connectivity index (χ2n) is 9.47. The largest absolute Gasteiger partial charge is 0.420 e. The van der Waals surface area contributed by atoms with Gasteiger partial charge in [-0.05, 0) is 73.7 Å². The van der Waals surface area contributed by atoms with Crippen molar-refractivity contribution >= 4 is 23.4 Å². The van der Waals surface area contributed by atoms with Gasteiger partial charge in [-0.15, -0.1) is 11.8 Å². The van der Waals surface area contributed by atoms with Gasteiger partial charge in [0.05, 0.1) is 10.7 Å². The Hall–Kier alpha value is -2.03. The van der Waals surface area contributed by atoms with Crippen LogP contribution in [0.15, 0.2) is 23.4 Å². The maximum atomic E-state index is 14.2. The van der Waals surface area contributed by atoms with Gasteiger partial charge in [0.2, 0.25) is 0 Å². The molecule has 2 aromatic rings. The molecule has 2 aromatic heterocycles. The number of halogens is 3. The summed E-state index contributed by atoms with van der Waals surface area (Å²) in [5.74, 6) is -0.596. The Labute approximate surface area is 182 Å². The number of pyridine rings is 1. The molecule has 0 bridgehead atoms. The van der Waals surface area contributed by atoms with Crippen LogP contribution in [0.2, 0.25) is 0 Å². The first kappa shape index (κ1) is 19.6. The van der Waals surface area contributed by atoms with E-state index in [0.717, 1.165) is 25.7 Å². The number of amides is 1. The Morgan fingerprint density at radius 3 is 2.48 bits per heavy atom. The van der Waals surface area contributed by atoms with Crippen molar-refractivity contribution in [2.45, 2.75) is 62.2 Å². The monoisotopic (exact) mass is 448 g/mol. The Morgan fingerprint density at radius 1 is 1.26 bits per heavy atom. The molecule has 4 aliphatic carbocycles. The maximum absolute atomic E-state index is 14.2. The zero-order valence-electron chi connectivity index (χ0n) is 17.1. The molecular weight excluding hydrogens is 425 g/mol. The number of carbonyl (C=O) groups excluding carboxylic acids is 1. The van der Waals surface area contributed by atoms with Crippen molar-refractivity contribution in [1.82, 2.24) is 14.8 Å². The van der Waals surface area contributed by atoms with Crippen molar-refractivity contribution in [3.63, 3.8) is 0 Å². The minimum atomic E-state index is -4.62. The molecular formula is C22H23F3N4OS. The highest BCUT2D eigenvalue weighted by Crippen LogP contribution is 2.92. The molecule has 0 saturated heterocycles. The lowest BCUT2D eigenvalue weighted by molar-refractivity contribution is -0.138. The van der Waals surface area contributed by atoms with Crippen LogP contribution in [0.25, 0.3) is 0 Å². The Kier molecular flexibility index (Phi) is 3.97. The third kappa shape index (κ3) is 2.95. The van der Waals surface area contributed by atoms with Gasteiger partial charge in [-0.3, -0.25) is 9.48 Å². The van der Waals surface area contributed by atoms with Crippen LogP contribution in [0, 0.1) is 16.7 Å². The third-order valence-corrected chi connectivity index (χ3v) is 8.46. The highest BCUT2D eigenvalue weighted by atomic mass is 32.2. The van der Waals surface area contributed by atoms with Crippen LogP contribution in [0.3, 0.4) is 0 Å².